The summed E-state index contributed by atoms with van der Waals surface area (Å²) in [6.07, 6.45) is 6.29. The van der Waals surface area contributed by atoms with E-state index in [1.807, 2.05) is 0 Å². The van der Waals surface area contributed by atoms with Gasteiger partial charge in [0.1, 0.15) is 0 Å². The Kier molecular flexibility index (Phi) is 4.28. The lowest BCUT2D eigenvalue weighted by atomic mass is 10.2. The van der Waals surface area contributed by atoms with Crippen LogP contribution in [-0.2, 0) is 9.56 Å². The van der Waals surface area contributed by atoms with Crippen molar-refractivity contribution in [3.05, 3.63) is 0 Å². The Hall–Kier alpha value is 0.350. The van der Waals surface area contributed by atoms with E-state index in [-0.39, 0.29) is 0 Å². The Morgan fingerprint density at radius 1 is 1.00 bits per heavy atom. The molecule has 1 unspecified atom stereocenters. The van der Waals surface area contributed by atoms with Gasteiger partial charge in [-0.05, 0) is 19.0 Å². The first kappa shape index (κ1) is 7.46. The molecule has 9 heavy (non-hydrogen) atoms. The molecule has 54 valence electrons. The molecule has 1 fully saturated rings. The van der Waals surface area contributed by atoms with Gasteiger partial charge in [-0.15, -0.1) is 0 Å². The molecule has 0 saturated carbocycles. The van der Waals surface area contributed by atoms with Crippen LogP contribution in [-0.4, -0.2) is 12.8 Å². The van der Waals surface area contributed by atoms with E-state index in [2.05, 4.69) is 0 Å². The molecule has 2 nitrogen and oxygen atoms in total. The molecule has 3 heteroatoms. The highest BCUT2D eigenvalue weighted by Crippen LogP contribution is 2.18. The van der Waals surface area contributed by atoms with Crippen LogP contribution in [0.4, 0.5) is 0 Å². The number of hydrogen-bond donors (Lipinski definition) is 0. The van der Waals surface area contributed by atoms with Crippen LogP contribution in [0.2, 0.25) is 0 Å². The summed E-state index contributed by atoms with van der Waals surface area (Å²) in [4.78, 5) is 4.87. The molecule has 0 spiro atoms. The minimum absolute atomic E-state index is 0.564. The first-order valence-electron chi connectivity index (χ1n) is 3.51. The zero-order valence-corrected chi connectivity index (χ0v) is 6.56. The topological polar surface area (TPSA) is 18.5 Å². The zero-order chi connectivity index (χ0) is 6.36. The largest absolute Gasteiger partial charge is 0.234 e. The van der Waals surface area contributed by atoms with E-state index >= 15 is 0 Å². The standard InChI is InChI=1S/C6H13O2P/c1-2-4-6-9-8-7-5-3-1/h9H,1-6H2. The summed E-state index contributed by atoms with van der Waals surface area (Å²) in [5, 5.41) is 0. The molecule has 0 bridgehead atoms. The van der Waals surface area contributed by atoms with Crippen LogP contribution >= 0.6 is 8.81 Å². The molecular weight excluding hydrogens is 135 g/mol. The fourth-order valence-corrected chi connectivity index (χ4v) is 1.48. The lowest BCUT2D eigenvalue weighted by Crippen LogP contribution is -1.88. The van der Waals surface area contributed by atoms with Gasteiger partial charge < -0.3 is 0 Å². The second-order valence-electron chi connectivity index (χ2n) is 2.21. The molecule has 1 aliphatic heterocycles. The van der Waals surface area contributed by atoms with Gasteiger partial charge in [0.15, 0.2) is 0 Å². The minimum Gasteiger partial charge on any atom is -0.234 e. The molecule has 0 amide bonds. The SMILES string of the molecule is C1CCCPOOCC1. The zero-order valence-electron chi connectivity index (χ0n) is 5.56. The van der Waals surface area contributed by atoms with E-state index in [4.69, 9.17) is 9.56 Å². The Morgan fingerprint density at radius 2 is 1.89 bits per heavy atom. The van der Waals surface area contributed by atoms with Crippen LogP contribution < -0.4 is 0 Å². The Morgan fingerprint density at radius 3 is 2.89 bits per heavy atom. The van der Waals surface area contributed by atoms with Crippen LogP contribution in [0.25, 0.3) is 0 Å². The molecule has 1 heterocycles. The van der Waals surface area contributed by atoms with Gasteiger partial charge in [0, 0.05) is 0 Å². The molecule has 0 aliphatic carbocycles. The van der Waals surface area contributed by atoms with E-state index in [9.17, 15) is 0 Å². The molecule has 0 aromatic rings. The maximum atomic E-state index is 4.88. The molecule has 1 rings (SSSR count). The fourth-order valence-electron chi connectivity index (χ4n) is 0.837. The fraction of sp³-hybridized carbons (Fsp3) is 1.00. The third-order valence-electron chi connectivity index (χ3n) is 1.37. The van der Waals surface area contributed by atoms with Crippen LogP contribution in [0.5, 0.6) is 0 Å². The summed E-state index contributed by atoms with van der Waals surface area (Å²) in [5.74, 6) is 0. The lowest BCUT2D eigenvalue weighted by molar-refractivity contribution is -0.196. The van der Waals surface area contributed by atoms with E-state index in [0.717, 1.165) is 13.0 Å². The summed E-state index contributed by atoms with van der Waals surface area (Å²) >= 11 is 0. The van der Waals surface area contributed by atoms with Crippen molar-refractivity contribution in [3.63, 3.8) is 0 Å². The smallest absolute Gasteiger partial charge is 0.0825 e. The summed E-state index contributed by atoms with van der Waals surface area (Å²) in [5.41, 5.74) is 0. The van der Waals surface area contributed by atoms with Crippen molar-refractivity contribution < 1.29 is 9.56 Å². The summed E-state index contributed by atoms with van der Waals surface area (Å²) < 4.78 is 4.88. The maximum absolute atomic E-state index is 4.88. The van der Waals surface area contributed by atoms with Gasteiger partial charge in [0.2, 0.25) is 0 Å². The Labute approximate surface area is 57.7 Å². The van der Waals surface area contributed by atoms with Crippen LogP contribution in [0.1, 0.15) is 25.7 Å². The van der Waals surface area contributed by atoms with Crippen molar-refractivity contribution in [1.29, 1.82) is 0 Å². The van der Waals surface area contributed by atoms with Gasteiger partial charge in [0.05, 0.1) is 15.4 Å². The molecule has 0 radical (unpaired) electrons. The van der Waals surface area contributed by atoms with Gasteiger partial charge >= 0.3 is 0 Å². The van der Waals surface area contributed by atoms with Crippen molar-refractivity contribution in [2.45, 2.75) is 25.7 Å². The second kappa shape index (κ2) is 5.16. The summed E-state index contributed by atoms with van der Waals surface area (Å²) in [6.45, 7) is 0.785. The molecule has 0 N–H and O–H groups in total. The van der Waals surface area contributed by atoms with E-state index in [0.29, 0.717) is 8.81 Å². The van der Waals surface area contributed by atoms with Crippen molar-refractivity contribution in [3.8, 4) is 0 Å². The van der Waals surface area contributed by atoms with Crippen molar-refractivity contribution in [2.75, 3.05) is 12.8 Å². The predicted molar refractivity (Wildman–Crippen MR) is 38.7 cm³/mol. The van der Waals surface area contributed by atoms with Crippen LogP contribution in [0.15, 0.2) is 0 Å². The first-order valence-corrected chi connectivity index (χ1v) is 4.63. The van der Waals surface area contributed by atoms with E-state index in [1.165, 1.54) is 25.4 Å². The van der Waals surface area contributed by atoms with Gasteiger partial charge in [0.25, 0.3) is 0 Å². The average molecular weight is 148 g/mol. The van der Waals surface area contributed by atoms with Crippen LogP contribution in [0.3, 0.4) is 0 Å². The third-order valence-corrected chi connectivity index (χ3v) is 2.17. The van der Waals surface area contributed by atoms with Gasteiger partial charge in [-0.3, -0.25) is 0 Å². The molecular formula is C6H13O2P. The lowest BCUT2D eigenvalue weighted by Gasteiger charge is -1.97. The van der Waals surface area contributed by atoms with E-state index in [1.54, 1.807) is 0 Å². The first-order chi connectivity index (χ1) is 4.50. The highest BCUT2D eigenvalue weighted by molar-refractivity contribution is 7.32. The average Bonchev–Trinajstić information content (AvgIpc) is 2.00. The third kappa shape index (κ3) is 3.85. The monoisotopic (exact) mass is 148 g/mol. The summed E-state index contributed by atoms with van der Waals surface area (Å²) in [6, 6.07) is 0. The maximum Gasteiger partial charge on any atom is 0.0825 e. The van der Waals surface area contributed by atoms with Crippen molar-refractivity contribution in [1.82, 2.24) is 0 Å². The normalized spacial score (nSPS) is 26.7. The van der Waals surface area contributed by atoms with Crippen molar-refractivity contribution >= 4 is 8.81 Å². The van der Waals surface area contributed by atoms with E-state index < -0.39 is 0 Å². The van der Waals surface area contributed by atoms with Crippen LogP contribution in [0, 0.1) is 0 Å². The molecule has 1 atom stereocenters. The Bertz CT molecular complexity index is 39.5. The number of rotatable bonds is 0. The predicted octanol–water partition coefficient (Wildman–Crippen LogP) is 2.10. The molecule has 1 saturated heterocycles. The van der Waals surface area contributed by atoms with Gasteiger partial charge in [-0.25, -0.2) is 9.56 Å². The highest BCUT2D eigenvalue weighted by Gasteiger charge is 1.96. The Balaban J connectivity index is 2.02. The van der Waals surface area contributed by atoms with Gasteiger partial charge in [-0.2, -0.15) is 0 Å². The molecule has 1 aliphatic rings. The summed E-state index contributed by atoms with van der Waals surface area (Å²) in [7, 11) is 0.564. The highest BCUT2D eigenvalue weighted by atomic mass is 31.1. The minimum atomic E-state index is 0.564. The second-order valence-corrected chi connectivity index (χ2v) is 3.17. The molecule has 0 aromatic carbocycles. The number of hydrogen-bond acceptors (Lipinski definition) is 2. The molecule has 0 aromatic heterocycles. The quantitative estimate of drug-likeness (QED) is 0.387. The van der Waals surface area contributed by atoms with Crippen molar-refractivity contribution in [2.24, 2.45) is 0 Å². The van der Waals surface area contributed by atoms with Gasteiger partial charge in [-0.1, -0.05) is 12.8 Å².